The number of amides is 1. The van der Waals surface area contributed by atoms with E-state index in [1.807, 2.05) is 0 Å². The van der Waals surface area contributed by atoms with Gasteiger partial charge >= 0.3 is 5.97 Å². The van der Waals surface area contributed by atoms with Crippen molar-refractivity contribution in [2.75, 3.05) is 6.54 Å². The van der Waals surface area contributed by atoms with Crippen LogP contribution in [0.15, 0.2) is 35.2 Å². The van der Waals surface area contributed by atoms with Gasteiger partial charge < -0.3 is 10.8 Å². The Morgan fingerprint density at radius 3 is 2.67 bits per heavy atom. The third-order valence-electron chi connectivity index (χ3n) is 2.48. The molecule has 0 saturated heterocycles. The quantitative estimate of drug-likeness (QED) is 0.471. The number of hydrogen-bond acceptors (Lipinski definition) is 4. The van der Waals surface area contributed by atoms with Gasteiger partial charge in [0.2, 0.25) is 15.9 Å². The molecular formula is C13H16N2O5S. The normalized spacial score (nSPS) is 11.6. The van der Waals surface area contributed by atoms with Crippen LogP contribution < -0.4 is 10.5 Å². The Kier molecular flexibility index (Phi) is 6.07. The highest BCUT2D eigenvalue weighted by Crippen LogP contribution is 2.12. The number of hydrogen-bond donors (Lipinski definition) is 3. The predicted molar refractivity (Wildman–Crippen MR) is 76.7 cm³/mol. The molecule has 0 aliphatic rings. The number of aliphatic carboxylic acids is 1. The van der Waals surface area contributed by atoms with Gasteiger partial charge in [-0.05, 0) is 30.2 Å². The Morgan fingerprint density at radius 1 is 1.33 bits per heavy atom. The molecule has 8 heteroatoms. The van der Waals surface area contributed by atoms with Gasteiger partial charge in [-0.15, -0.1) is 0 Å². The lowest BCUT2D eigenvalue weighted by molar-refractivity contribution is -0.131. The van der Waals surface area contributed by atoms with E-state index in [1.54, 1.807) is 6.07 Å². The summed E-state index contributed by atoms with van der Waals surface area (Å²) >= 11 is 0. The molecule has 114 valence electrons. The zero-order valence-corrected chi connectivity index (χ0v) is 12.0. The van der Waals surface area contributed by atoms with Crippen LogP contribution in [-0.4, -0.2) is 31.9 Å². The summed E-state index contributed by atoms with van der Waals surface area (Å²) in [4.78, 5) is 21.0. The van der Waals surface area contributed by atoms with E-state index in [4.69, 9.17) is 10.8 Å². The zero-order valence-electron chi connectivity index (χ0n) is 11.2. The molecule has 1 aromatic rings. The Labute approximate surface area is 122 Å². The maximum Gasteiger partial charge on any atom is 0.328 e. The Hall–Kier alpha value is -2.19. The summed E-state index contributed by atoms with van der Waals surface area (Å²) in [7, 11) is -3.70. The maximum atomic E-state index is 12.0. The minimum Gasteiger partial charge on any atom is -0.478 e. The smallest absolute Gasteiger partial charge is 0.328 e. The van der Waals surface area contributed by atoms with Crippen LogP contribution in [0, 0.1) is 0 Å². The average molecular weight is 312 g/mol. The fourth-order valence-corrected chi connectivity index (χ4v) is 2.63. The summed E-state index contributed by atoms with van der Waals surface area (Å²) < 4.78 is 26.3. The highest BCUT2D eigenvalue weighted by atomic mass is 32.2. The topological polar surface area (TPSA) is 127 Å². The molecule has 0 bridgehead atoms. The number of benzene rings is 1. The van der Waals surface area contributed by atoms with Crippen LogP contribution in [-0.2, 0) is 19.6 Å². The van der Waals surface area contributed by atoms with E-state index < -0.39 is 21.9 Å². The van der Waals surface area contributed by atoms with E-state index in [1.165, 1.54) is 24.3 Å². The molecule has 0 aliphatic heterocycles. The number of rotatable bonds is 8. The molecule has 0 atom stereocenters. The van der Waals surface area contributed by atoms with Crippen LogP contribution >= 0.6 is 0 Å². The Bertz CT molecular complexity index is 652. The first-order valence-electron chi connectivity index (χ1n) is 6.10. The van der Waals surface area contributed by atoms with Gasteiger partial charge in [-0.2, -0.15) is 0 Å². The van der Waals surface area contributed by atoms with Crippen molar-refractivity contribution in [2.24, 2.45) is 5.73 Å². The van der Waals surface area contributed by atoms with Crippen LogP contribution in [0.3, 0.4) is 0 Å². The number of carbonyl (C=O) groups excluding carboxylic acids is 1. The average Bonchev–Trinajstić information content (AvgIpc) is 2.41. The second-order valence-corrected chi connectivity index (χ2v) is 5.98. The molecule has 21 heavy (non-hydrogen) atoms. The molecule has 0 spiro atoms. The molecule has 0 unspecified atom stereocenters. The van der Waals surface area contributed by atoms with Crippen molar-refractivity contribution < 1.29 is 23.1 Å². The first-order chi connectivity index (χ1) is 9.81. The molecule has 0 saturated carbocycles. The highest BCUT2D eigenvalue weighted by Gasteiger charge is 2.13. The molecule has 7 nitrogen and oxygen atoms in total. The number of primary amides is 1. The molecule has 0 aliphatic carbocycles. The number of carboxylic acids is 1. The fourth-order valence-electron chi connectivity index (χ4n) is 1.51. The van der Waals surface area contributed by atoms with Crippen molar-refractivity contribution in [3.05, 3.63) is 35.9 Å². The summed E-state index contributed by atoms with van der Waals surface area (Å²) in [5.41, 5.74) is 5.42. The van der Waals surface area contributed by atoms with Crippen LogP contribution in [0.1, 0.15) is 18.4 Å². The lowest BCUT2D eigenvalue weighted by atomic mass is 10.2. The maximum absolute atomic E-state index is 12.0. The van der Waals surface area contributed by atoms with Gasteiger partial charge in [-0.3, -0.25) is 4.79 Å². The van der Waals surface area contributed by atoms with Crippen LogP contribution in [0.4, 0.5) is 0 Å². The van der Waals surface area contributed by atoms with E-state index in [0.29, 0.717) is 12.0 Å². The highest BCUT2D eigenvalue weighted by molar-refractivity contribution is 7.89. The van der Waals surface area contributed by atoms with Crippen molar-refractivity contribution >= 4 is 28.0 Å². The van der Waals surface area contributed by atoms with Gasteiger partial charge in [0.15, 0.2) is 0 Å². The molecule has 4 N–H and O–H groups in total. The van der Waals surface area contributed by atoms with Crippen molar-refractivity contribution in [1.29, 1.82) is 0 Å². The number of nitrogens with two attached hydrogens (primary N) is 1. The fraction of sp³-hybridized carbons (Fsp3) is 0.231. The van der Waals surface area contributed by atoms with Crippen LogP contribution in [0.5, 0.6) is 0 Å². The molecule has 0 aromatic heterocycles. The summed E-state index contributed by atoms with van der Waals surface area (Å²) in [6.45, 7) is 0.0977. The Balaban J connectivity index is 2.76. The van der Waals surface area contributed by atoms with Crippen molar-refractivity contribution in [3.63, 3.8) is 0 Å². The van der Waals surface area contributed by atoms with E-state index in [9.17, 15) is 18.0 Å². The standard InChI is InChI=1S/C13H16N2O5S/c14-12(16)5-2-8-15-21(19,20)11-4-1-3-10(9-11)6-7-13(17)18/h1,3-4,6-7,9,15H,2,5,8H2,(H2,14,16)(H,17,18). The number of sulfonamides is 1. The van der Waals surface area contributed by atoms with Crippen molar-refractivity contribution in [1.82, 2.24) is 4.72 Å². The first-order valence-corrected chi connectivity index (χ1v) is 7.58. The minimum atomic E-state index is -3.70. The number of carboxylic acid groups (broad SMARTS) is 1. The summed E-state index contributed by atoms with van der Waals surface area (Å²) in [5, 5.41) is 8.54. The second kappa shape index (κ2) is 7.55. The van der Waals surface area contributed by atoms with Gasteiger partial charge in [0.25, 0.3) is 0 Å². The molecule has 1 amide bonds. The number of carbonyl (C=O) groups is 2. The van der Waals surface area contributed by atoms with Gasteiger partial charge in [0, 0.05) is 19.0 Å². The van der Waals surface area contributed by atoms with Gasteiger partial charge in [-0.25, -0.2) is 17.9 Å². The number of nitrogens with one attached hydrogen (secondary N) is 1. The SMILES string of the molecule is NC(=O)CCCNS(=O)(=O)c1cccc(C=CC(=O)O)c1. The Morgan fingerprint density at radius 2 is 2.05 bits per heavy atom. The van der Waals surface area contributed by atoms with E-state index in [-0.39, 0.29) is 17.9 Å². The van der Waals surface area contributed by atoms with Gasteiger partial charge in [0.1, 0.15) is 0 Å². The van der Waals surface area contributed by atoms with E-state index >= 15 is 0 Å². The lowest BCUT2D eigenvalue weighted by Crippen LogP contribution is -2.25. The molecule has 0 fully saturated rings. The van der Waals surface area contributed by atoms with E-state index in [0.717, 1.165) is 6.08 Å². The van der Waals surface area contributed by atoms with Crippen LogP contribution in [0.2, 0.25) is 0 Å². The monoisotopic (exact) mass is 312 g/mol. The zero-order chi connectivity index (χ0) is 15.9. The molecule has 1 rings (SSSR count). The largest absolute Gasteiger partial charge is 0.478 e. The molecule has 1 aromatic carbocycles. The van der Waals surface area contributed by atoms with Crippen molar-refractivity contribution in [2.45, 2.75) is 17.7 Å². The minimum absolute atomic E-state index is 0.0223. The van der Waals surface area contributed by atoms with Gasteiger partial charge in [-0.1, -0.05) is 12.1 Å². The second-order valence-electron chi connectivity index (χ2n) is 4.21. The first kappa shape index (κ1) is 16.9. The summed E-state index contributed by atoms with van der Waals surface area (Å²) in [5.74, 6) is -1.61. The lowest BCUT2D eigenvalue weighted by Gasteiger charge is -2.06. The van der Waals surface area contributed by atoms with E-state index in [2.05, 4.69) is 4.72 Å². The third-order valence-corrected chi connectivity index (χ3v) is 3.94. The van der Waals surface area contributed by atoms with Crippen molar-refractivity contribution in [3.8, 4) is 0 Å². The van der Waals surface area contributed by atoms with Crippen LogP contribution in [0.25, 0.3) is 6.08 Å². The third kappa shape index (κ3) is 6.19. The van der Waals surface area contributed by atoms with Gasteiger partial charge in [0.05, 0.1) is 4.90 Å². The summed E-state index contributed by atoms with van der Waals surface area (Å²) in [6.07, 6.45) is 2.64. The molecular weight excluding hydrogens is 296 g/mol. The molecule has 0 radical (unpaired) electrons. The summed E-state index contributed by atoms with van der Waals surface area (Å²) in [6, 6.07) is 5.86. The molecule has 0 heterocycles. The predicted octanol–water partition coefficient (Wildman–Crippen LogP) is 0.328.